The van der Waals surface area contributed by atoms with Gasteiger partial charge in [-0.1, -0.05) is 36.4 Å². The molecule has 0 fully saturated rings. The van der Waals surface area contributed by atoms with Crippen molar-refractivity contribution in [3.05, 3.63) is 103 Å². The fraction of sp³-hybridized carbons (Fsp3) is 0.0667. The molecule has 2 heterocycles. The van der Waals surface area contributed by atoms with Gasteiger partial charge < -0.3 is 20.1 Å². The van der Waals surface area contributed by atoms with Crippen molar-refractivity contribution < 1.29 is 14.3 Å². The molecule has 9 nitrogen and oxygen atoms in total. The summed E-state index contributed by atoms with van der Waals surface area (Å²) in [6.45, 7) is 0. The predicted molar refractivity (Wildman–Crippen MR) is 151 cm³/mol. The fourth-order valence-corrected chi connectivity index (χ4v) is 4.37. The smallest absolute Gasteiger partial charge is 0.255 e. The third-order valence-electron chi connectivity index (χ3n) is 6.33. The first-order valence-corrected chi connectivity index (χ1v) is 12.2. The number of anilines is 3. The molecule has 192 valence electrons. The lowest BCUT2D eigenvalue weighted by molar-refractivity contribution is 0.102. The van der Waals surface area contributed by atoms with Crippen LogP contribution in [0.25, 0.3) is 27.8 Å². The molecule has 4 aromatic carbocycles. The van der Waals surface area contributed by atoms with Crippen molar-refractivity contribution in [2.24, 2.45) is 0 Å². The van der Waals surface area contributed by atoms with Gasteiger partial charge in [0.1, 0.15) is 11.5 Å². The summed E-state index contributed by atoms with van der Waals surface area (Å²) in [6.07, 6.45) is 0. The van der Waals surface area contributed by atoms with Gasteiger partial charge in [0, 0.05) is 39.3 Å². The van der Waals surface area contributed by atoms with Gasteiger partial charge in [-0.25, -0.2) is 0 Å². The van der Waals surface area contributed by atoms with E-state index < -0.39 is 0 Å². The summed E-state index contributed by atoms with van der Waals surface area (Å²) < 4.78 is 12.3. The van der Waals surface area contributed by atoms with Gasteiger partial charge in [-0.15, -0.1) is 15.3 Å². The van der Waals surface area contributed by atoms with E-state index in [9.17, 15) is 4.79 Å². The van der Waals surface area contributed by atoms with Crippen LogP contribution in [0.3, 0.4) is 0 Å². The van der Waals surface area contributed by atoms with Gasteiger partial charge in [-0.2, -0.15) is 4.52 Å². The second-order valence-corrected chi connectivity index (χ2v) is 8.77. The number of carbonyl (C=O) groups excluding carboxylic acids is 1. The Balaban J connectivity index is 1.36. The van der Waals surface area contributed by atoms with Gasteiger partial charge in [0.25, 0.3) is 5.91 Å². The zero-order valence-electron chi connectivity index (χ0n) is 21.3. The van der Waals surface area contributed by atoms with Crippen LogP contribution in [0.2, 0.25) is 0 Å². The maximum Gasteiger partial charge on any atom is 0.255 e. The Hall–Kier alpha value is -5.44. The van der Waals surface area contributed by atoms with E-state index >= 15 is 0 Å². The van der Waals surface area contributed by atoms with Gasteiger partial charge in [0.2, 0.25) is 0 Å². The zero-order valence-corrected chi connectivity index (χ0v) is 21.3. The van der Waals surface area contributed by atoms with Crippen LogP contribution in [-0.4, -0.2) is 39.9 Å². The fourth-order valence-electron chi connectivity index (χ4n) is 4.37. The number of nitrogens with one attached hydrogen (secondary N) is 2. The van der Waals surface area contributed by atoms with E-state index in [1.165, 1.54) is 0 Å². The quantitative estimate of drug-likeness (QED) is 0.270. The summed E-state index contributed by atoms with van der Waals surface area (Å²) >= 11 is 0. The lowest BCUT2D eigenvalue weighted by atomic mass is 10.1. The molecule has 6 aromatic rings. The standard InChI is InChI=1S/C30H24N6O3/c1-38-23-15-13-19(14-16-23)28-33-34-29-26-12-4-3-11-25(26)27(35-36(28)29)31-21-8-5-7-20(17-21)30(37)32-22-9-6-10-24(18-22)39-2/h3-18H,1-2H3,(H,31,35)(H,32,37). The summed E-state index contributed by atoms with van der Waals surface area (Å²) in [6, 6.07) is 29.9. The number of nitrogens with zero attached hydrogens (tertiary/aromatic N) is 4. The number of benzene rings is 4. The van der Waals surface area contributed by atoms with Crippen molar-refractivity contribution in [2.45, 2.75) is 0 Å². The van der Waals surface area contributed by atoms with Crippen LogP contribution in [0.5, 0.6) is 11.5 Å². The van der Waals surface area contributed by atoms with Crippen molar-refractivity contribution in [2.75, 3.05) is 24.9 Å². The van der Waals surface area contributed by atoms with E-state index in [0.29, 0.717) is 40.0 Å². The molecule has 0 saturated carbocycles. The maximum absolute atomic E-state index is 13.0. The van der Waals surface area contributed by atoms with Gasteiger partial charge in [0.05, 0.1) is 14.2 Å². The van der Waals surface area contributed by atoms with Crippen molar-refractivity contribution in [3.8, 4) is 22.9 Å². The normalized spacial score (nSPS) is 10.9. The highest BCUT2D eigenvalue weighted by Crippen LogP contribution is 2.30. The van der Waals surface area contributed by atoms with E-state index in [4.69, 9.17) is 14.6 Å². The Kier molecular flexibility index (Phi) is 6.22. The highest BCUT2D eigenvalue weighted by molar-refractivity contribution is 6.05. The monoisotopic (exact) mass is 516 g/mol. The molecule has 2 N–H and O–H groups in total. The molecular weight excluding hydrogens is 492 g/mol. The molecule has 2 aromatic heterocycles. The summed E-state index contributed by atoms with van der Waals surface area (Å²) in [4.78, 5) is 13.0. The lowest BCUT2D eigenvalue weighted by Crippen LogP contribution is -2.12. The molecular formula is C30H24N6O3. The first-order valence-electron chi connectivity index (χ1n) is 12.2. The van der Waals surface area contributed by atoms with Gasteiger partial charge in [-0.3, -0.25) is 4.79 Å². The number of ether oxygens (including phenoxy) is 2. The number of hydrogen-bond donors (Lipinski definition) is 2. The molecule has 0 aliphatic carbocycles. The summed E-state index contributed by atoms with van der Waals surface area (Å²) in [5, 5.41) is 21.8. The molecule has 0 unspecified atom stereocenters. The number of aromatic nitrogens is 4. The number of fused-ring (bicyclic) bond motifs is 3. The molecule has 0 spiro atoms. The summed E-state index contributed by atoms with van der Waals surface area (Å²) in [7, 11) is 3.22. The van der Waals surface area contributed by atoms with E-state index in [-0.39, 0.29) is 5.91 Å². The second kappa shape index (κ2) is 10.1. The average Bonchev–Trinajstić information content (AvgIpc) is 3.41. The largest absolute Gasteiger partial charge is 0.497 e. The van der Waals surface area contributed by atoms with Crippen LogP contribution < -0.4 is 20.1 Å². The Bertz CT molecular complexity index is 1810. The minimum atomic E-state index is -0.235. The highest BCUT2D eigenvalue weighted by Gasteiger charge is 2.16. The molecule has 39 heavy (non-hydrogen) atoms. The van der Waals surface area contributed by atoms with Crippen molar-refractivity contribution in [1.29, 1.82) is 0 Å². The number of amides is 1. The lowest BCUT2D eigenvalue weighted by Gasteiger charge is -2.12. The molecule has 0 aliphatic heterocycles. The van der Waals surface area contributed by atoms with Crippen LogP contribution in [0.15, 0.2) is 97.1 Å². The highest BCUT2D eigenvalue weighted by atomic mass is 16.5. The molecule has 9 heteroatoms. The Morgan fingerprint density at radius 2 is 1.49 bits per heavy atom. The van der Waals surface area contributed by atoms with E-state index in [2.05, 4.69) is 20.8 Å². The van der Waals surface area contributed by atoms with Crippen molar-refractivity contribution >= 4 is 39.5 Å². The second-order valence-electron chi connectivity index (χ2n) is 8.77. The Labute approximate surface area is 224 Å². The minimum Gasteiger partial charge on any atom is -0.497 e. The molecule has 0 saturated heterocycles. The molecule has 0 atom stereocenters. The van der Waals surface area contributed by atoms with Crippen LogP contribution in [0, 0.1) is 0 Å². The molecule has 0 aliphatic rings. The van der Waals surface area contributed by atoms with Crippen LogP contribution in [0.4, 0.5) is 17.2 Å². The number of rotatable bonds is 7. The van der Waals surface area contributed by atoms with Crippen molar-refractivity contribution in [3.63, 3.8) is 0 Å². The average molecular weight is 517 g/mol. The number of carbonyl (C=O) groups is 1. The summed E-state index contributed by atoms with van der Waals surface area (Å²) in [5.74, 6) is 2.40. The van der Waals surface area contributed by atoms with E-state index in [0.717, 1.165) is 22.1 Å². The third-order valence-corrected chi connectivity index (χ3v) is 6.33. The first kappa shape index (κ1) is 23.9. The van der Waals surface area contributed by atoms with Gasteiger partial charge in [0.15, 0.2) is 17.3 Å². The minimum absolute atomic E-state index is 0.235. The number of methoxy groups -OCH3 is 2. The van der Waals surface area contributed by atoms with Crippen LogP contribution in [0.1, 0.15) is 10.4 Å². The SMILES string of the molecule is COc1ccc(-c2nnc3c4ccccc4c(Nc4cccc(C(=O)Nc5cccc(OC)c5)c4)nn23)cc1. The molecule has 0 bridgehead atoms. The predicted octanol–water partition coefficient (Wildman–Crippen LogP) is 5.96. The topological polar surface area (TPSA) is 103 Å². The molecule has 0 radical (unpaired) electrons. The maximum atomic E-state index is 13.0. The van der Waals surface area contributed by atoms with Gasteiger partial charge >= 0.3 is 0 Å². The zero-order chi connectivity index (χ0) is 26.8. The Morgan fingerprint density at radius 3 is 2.28 bits per heavy atom. The van der Waals surface area contributed by atoms with E-state index in [1.807, 2.05) is 78.9 Å². The Morgan fingerprint density at radius 1 is 0.744 bits per heavy atom. The summed E-state index contributed by atoms with van der Waals surface area (Å²) in [5.41, 5.74) is 3.36. The molecule has 1 amide bonds. The van der Waals surface area contributed by atoms with Crippen molar-refractivity contribution in [1.82, 2.24) is 19.8 Å². The first-order chi connectivity index (χ1) is 19.1. The van der Waals surface area contributed by atoms with Crippen LogP contribution in [-0.2, 0) is 0 Å². The van der Waals surface area contributed by atoms with E-state index in [1.54, 1.807) is 36.9 Å². The third kappa shape index (κ3) is 4.69. The van der Waals surface area contributed by atoms with Gasteiger partial charge in [-0.05, 0) is 54.6 Å². The molecule has 6 rings (SSSR count). The van der Waals surface area contributed by atoms with Crippen LogP contribution >= 0.6 is 0 Å². The number of hydrogen-bond acceptors (Lipinski definition) is 7.